The van der Waals surface area contributed by atoms with Crippen molar-refractivity contribution in [3.05, 3.63) is 94.0 Å². The average Bonchev–Trinajstić information content (AvgIpc) is 2.78. The van der Waals surface area contributed by atoms with Crippen molar-refractivity contribution in [1.82, 2.24) is 5.43 Å². The van der Waals surface area contributed by atoms with Crippen molar-refractivity contribution in [2.45, 2.75) is 6.61 Å². The number of nitrogens with zero attached hydrogens (tertiary/aromatic N) is 2. The molecule has 0 fully saturated rings. The van der Waals surface area contributed by atoms with Gasteiger partial charge in [0.15, 0.2) is 11.5 Å². The van der Waals surface area contributed by atoms with Crippen molar-refractivity contribution in [1.29, 1.82) is 5.26 Å². The molecule has 0 radical (unpaired) electrons. The summed E-state index contributed by atoms with van der Waals surface area (Å²) in [6.45, 7) is 0.241. The molecule has 0 unspecified atom stereocenters. The smallest absolute Gasteiger partial charge is 0.271 e. The number of ether oxygens (including phenoxy) is 2. The average molecular weight is 420 g/mol. The van der Waals surface area contributed by atoms with Crippen molar-refractivity contribution in [3.8, 4) is 17.6 Å². The van der Waals surface area contributed by atoms with Crippen molar-refractivity contribution < 1.29 is 14.3 Å². The number of hydrogen-bond donors (Lipinski definition) is 1. The molecule has 0 atom stereocenters. The van der Waals surface area contributed by atoms with Crippen molar-refractivity contribution in [2.24, 2.45) is 5.10 Å². The highest BCUT2D eigenvalue weighted by Crippen LogP contribution is 2.28. The molecule has 3 aromatic carbocycles. The topological polar surface area (TPSA) is 83.7 Å². The van der Waals surface area contributed by atoms with Crippen LogP contribution in [0, 0.1) is 11.3 Å². The molecule has 3 aromatic rings. The third kappa shape index (κ3) is 5.37. The van der Waals surface area contributed by atoms with E-state index in [0.29, 0.717) is 33.2 Å². The Kier molecular flexibility index (Phi) is 7.04. The Morgan fingerprint density at radius 2 is 1.90 bits per heavy atom. The van der Waals surface area contributed by atoms with E-state index in [0.717, 1.165) is 5.56 Å². The number of carbonyl (C=O) groups is 1. The summed E-state index contributed by atoms with van der Waals surface area (Å²) in [6.07, 6.45) is 1.51. The van der Waals surface area contributed by atoms with Gasteiger partial charge in [-0.1, -0.05) is 29.8 Å². The van der Waals surface area contributed by atoms with Gasteiger partial charge in [0.05, 0.1) is 25.0 Å². The van der Waals surface area contributed by atoms with E-state index in [1.807, 2.05) is 18.2 Å². The van der Waals surface area contributed by atoms with Crippen LogP contribution in [0.4, 0.5) is 0 Å². The molecule has 0 aliphatic carbocycles. The van der Waals surface area contributed by atoms with Gasteiger partial charge in [-0.3, -0.25) is 4.79 Å². The lowest BCUT2D eigenvalue weighted by molar-refractivity contribution is 0.0955. The maximum absolute atomic E-state index is 12.1. The van der Waals surface area contributed by atoms with Gasteiger partial charge in [-0.2, -0.15) is 10.4 Å². The Labute approximate surface area is 179 Å². The lowest BCUT2D eigenvalue weighted by atomic mass is 10.1. The van der Waals surface area contributed by atoms with Crippen molar-refractivity contribution in [3.63, 3.8) is 0 Å². The van der Waals surface area contributed by atoms with E-state index in [1.165, 1.54) is 13.3 Å². The Hall–Kier alpha value is -3.82. The van der Waals surface area contributed by atoms with Gasteiger partial charge >= 0.3 is 0 Å². The fourth-order valence-corrected chi connectivity index (χ4v) is 2.75. The Morgan fingerprint density at radius 3 is 2.63 bits per heavy atom. The van der Waals surface area contributed by atoms with Crippen LogP contribution in [0.25, 0.3) is 0 Å². The van der Waals surface area contributed by atoms with Crippen LogP contribution in [0.2, 0.25) is 5.02 Å². The standard InChI is InChI=1S/C23H18ClN3O3/c1-29-22-12-16(14-26-27-23(28)17-7-9-20(24)10-8-17)6-11-21(22)30-15-19-5-3-2-4-18(19)13-25/h2-12,14H,15H2,1H3,(H,27,28)/b26-14-. The first-order valence-corrected chi connectivity index (χ1v) is 9.36. The van der Waals surface area contributed by atoms with Crippen LogP contribution in [-0.2, 0) is 6.61 Å². The molecule has 6 nitrogen and oxygen atoms in total. The molecule has 0 aliphatic rings. The number of methoxy groups -OCH3 is 1. The fourth-order valence-electron chi connectivity index (χ4n) is 2.63. The van der Waals surface area contributed by atoms with Crippen LogP contribution < -0.4 is 14.9 Å². The van der Waals surface area contributed by atoms with E-state index in [-0.39, 0.29) is 12.5 Å². The molecule has 7 heteroatoms. The Morgan fingerprint density at radius 1 is 1.13 bits per heavy atom. The van der Waals surface area contributed by atoms with E-state index in [4.69, 9.17) is 21.1 Å². The summed E-state index contributed by atoms with van der Waals surface area (Å²) in [5, 5.41) is 13.7. The van der Waals surface area contributed by atoms with Crippen LogP contribution in [-0.4, -0.2) is 19.2 Å². The monoisotopic (exact) mass is 419 g/mol. The molecule has 0 bridgehead atoms. The van der Waals surface area contributed by atoms with Gasteiger partial charge in [0.2, 0.25) is 0 Å². The van der Waals surface area contributed by atoms with Crippen LogP contribution in [0.15, 0.2) is 71.8 Å². The summed E-state index contributed by atoms with van der Waals surface area (Å²) in [6, 6.07) is 21.2. The molecular formula is C23H18ClN3O3. The van der Waals surface area contributed by atoms with Gasteiger partial charge in [-0.15, -0.1) is 0 Å². The summed E-state index contributed by atoms with van der Waals surface area (Å²) in [5.74, 6) is 0.705. The summed E-state index contributed by atoms with van der Waals surface area (Å²) >= 11 is 5.82. The second-order valence-corrected chi connectivity index (χ2v) is 6.61. The van der Waals surface area contributed by atoms with Crippen LogP contribution in [0.3, 0.4) is 0 Å². The number of nitrogens with one attached hydrogen (secondary N) is 1. The highest BCUT2D eigenvalue weighted by atomic mass is 35.5. The van der Waals surface area contributed by atoms with Crippen molar-refractivity contribution >= 4 is 23.7 Å². The summed E-state index contributed by atoms with van der Waals surface area (Å²) in [7, 11) is 1.54. The largest absolute Gasteiger partial charge is 0.493 e. The van der Waals surface area contributed by atoms with E-state index in [9.17, 15) is 10.1 Å². The minimum atomic E-state index is -0.342. The van der Waals surface area contributed by atoms with Crippen LogP contribution in [0.1, 0.15) is 27.0 Å². The van der Waals surface area contributed by atoms with Crippen LogP contribution >= 0.6 is 11.6 Å². The van der Waals surface area contributed by atoms with Crippen LogP contribution in [0.5, 0.6) is 11.5 Å². The lowest BCUT2D eigenvalue weighted by Crippen LogP contribution is -2.17. The first-order chi connectivity index (χ1) is 14.6. The number of nitriles is 1. The quantitative estimate of drug-likeness (QED) is 0.449. The Bertz CT molecular complexity index is 1110. The highest BCUT2D eigenvalue weighted by Gasteiger charge is 2.08. The van der Waals surface area contributed by atoms with Gasteiger partial charge in [-0.25, -0.2) is 5.43 Å². The molecule has 0 aliphatic heterocycles. The molecule has 0 aromatic heterocycles. The third-order valence-electron chi connectivity index (χ3n) is 4.19. The van der Waals surface area contributed by atoms with Gasteiger partial charge < -0.3 is 9.47 Å². The lowest BCUT2D eigenvalue weighted by Gasteiger charge is -2.12. The number of hydrazone groups is 1. The second-order valence-electron chi connectivity index (χ2n) is 6.17. The van der Waals surface area contributed by atoms with E-state index < -0.39 is 0 Å². The number of halogens is 1. The maximum Gasteiger partial charge on any atom is 0.271 e. The minimum Gasteiger partial charge on any atom is -0.493 e. The van der Waals surface area contributed by atoms with E-state index in [2.05, 4.69) is 16.6 Å². The molecular weight excluding hydrogens is 402 g/mol. The second kappa shape index (κ2) is 10.1. The zero-order valence-corrected chi connectivity index (χ0v) is 16.9. The van der Waals surface area contributed by atoms with Gasteiger partial charge in [0, 0.05) is 16.1 Å². The summed E-state index contributed by atoms with van der Waals surface area (Å²) in [5.41, 5.74) is 4.99. The highest BCUT2D eigenvalue weighted by molar-refractivity contribution is 6.30. The molecule has 1 N–H and O–H groups in total. The maximum atomic E-state index is 12.1. The molecule has 0 saturated heterocycles. The van der Waals surface area contributed by atoms with E-state index in [1.54, 1.807) is 48.5 Å². The normalized spacial score (nSPS) is 10.4. The molecule has 0 spiro atoms. The zero-order valence-electron chi connectivity index (χ0n) is 16.1. The SMILES string of the molecule is COc1cc(/C=N\NC(=O)c2ccc(Cl)cc2)ccc1OCc1ccccc1C#N. The summed E-state index contributed by atoms with van der Waals surface area (Å²) in [4.78, 5) is 12.1. The predicted octanol–water partition coefficient (Wildman–Crippen LogP) is 4.56. The molecule has 0 heterocycles. The molecule has 0 saturated carbocycles. The van der Waals surface area contributed by atoms with E-state index >= 15 is 0 Å². The summed E-state index contributed by atoms with van der Waals surface area (Å²) < 4.78 is 11.2. The molecule has 1 amide bonds. The molecule has 3 rings (SSSR count). The first kappa shape index (κ1) is 20.9. The number of rotatable bonds is 7. The predicted molar refractivity (Wildman–Crippen MR) is 115 cm³/mol. The van der Waals surface area contributed by atoms with Gasteiger partial charge in [0.1, 0.15) is 6.61 Å². The molecule has 30 heavy (non-hydrogen) atoms. The number of hydrogen-bond acceptors (Lipinski definition) is 5. The van der Waals surface area contributed by atoms with Crippen molar-refractivity contribution in [2.75, 3.05) is 7.11 Å². The molecule has 150 valence electrons. The number of carbonyl (C=O) groups excluding carboxylic acids is 1. The fraction of sp³-hybridized carbons (Fsp3) is 0.0870. The number of amides is 1. The van der Waals surface area contributed by atoms with Gasteiger partial charge in [0.25, 0.3) is 5.91 Å². The Balaban J connectivity index is 1.65. The zero-order chi connectivity index (χ0) is 21.3. The third-order valence-corrected chi connectivity index (χ3v) is 4.45. The first-order valence-electron chi connectivity index (χ1n) is 8.98. The van der Waals surface area contributed by atoms with Gasteiger partial charge in [-0.05, 0) is 54.1 Å². The number of benzene rings is 3. The minimum absolute atomic E-state index is 0.241.